The summed E-state index contributed by atoms with van der Waals surface area (Å²) in [5.74, 6) is 0.111. The van der Waals surface area contributed by atoms with Gasteiger partial charge in [0.05, 0.1) is 12.5 Å². The van der Waals surface area contributed by atoms with E-state index < -0.39 is 0 Å². The van der Waals surface area contributed by atoms with E-state index in [4.69, 9.17) is 15.7 Å². The number of nitrogens with two attached hydrogens (primary N) is 1. The van der Waals surface area contributed by atoms with Crippen LogP contribution in [-0.2, 0) is 9.53 Å². The molecule has 0 spiro atoms. The van der Waals surface area contributed by atoms with E-state index in [1.54, 1.807) is 4.90 Å². The molecular weight excluding hydrogens is 270 g/mol. The van der Waals surface area contributed by atoms with Crippen LogP contribution in [0.2, 0.25) is 0 Å². The summed E-state index contributed by atoms with van der Waals surface area (Å²) in [5.41, 5.74) is 6.31. The van der Waals surface area contributed by atoms with E-state index in [1.807, 2.05) is 30.3 Å². The van der Waals surface area contributed by atoms with E-state index in [-0.39, 0.29) is 17.8 Å². The molecule has 1 aromatic rings. The Hall–Kier alpha value is -2.08. The van der Waals surface area contributed by atoms with Gasteiger partial charge in [0, 0.05) is 25.3 Å². The van der Waals surface area contributed by atoms with Crippen molar-refractivity contribution in [1.82, 2.24) is 0 Å². The fraction of sp³-hybridized carbons (Fsp3) is 0.467. The number of hydrogen-bond acceptors (Lipinski definition) is 4. The molecule has 1 fully saturated rings. The minimum Gasteiger partial charge on any atom is -0.409 e. The average Bonchev–Trinajstić information content (AvgIpc) is 3.01. The minimum atomic E-state index is -0.00107. The lowest BCUT2D eigenvalue weighted by Gasteiger charge is -2.24. The van der Waals surface area contributed by atoms with Crippen LogP contribution in [0.5, 0.6) is 0 Å². The largest absolute Gasteiger partial charge is 0.409 e. The van der Waals surface area contributed by atoms with Crippen molar-refractivity contribution in [3.63, 3.8) is 0 Å². The molecule has 6 heteroatoms. The van der Waals surface area contributed by atoms with Crippen molar-refractivity contribution in [3.05, 3.63) is 30.3 Å². The molecule has 6 nitrogen and oxygen atoms in total. The predicted octanol–water partition coefficient (Wildman–Crippen LogP) is 1.73. The van der Waals surface area contributed by atoms with Gasteiger partial charge >= 0.3 is 0 Å². The monoisotopic (exact) mass is 291 g/mol. The lowest BCUT2D eigenvalue weighted by atomic mass is 10.1. The summed E-state index contributed by atoms with van der Waals surface area (Å²) in [6.45, 7) is 1.11. The number of carbonyl (C=O) groups is 1. The lowest BCUT2D eigenvalue weighted by Crippen LogP contribution is -2.36. The van der Waals surface area contributed by atoms with Crippen molar-refractivity contribution in [1.29, 1.82) is 0 Å². The highest BCUT2D eigenvalue weighted by molar-refractivity contribution is 5.94. The predicted molar refractivity (Wildman–Crippen MR) is 80.4 cm³/mol. The summed E-state index contributed by atoms with van der Waals surface area (Å²) in [6, 6.07) is 9.41. The summed E-state index contributed by atoms with van der Waals surface area (Å²) in [6.07, 6.45) is 2.63. The second-order valence-corrected chi connectivity index (χ2v) is 5.06. The Bertz CT molecular complexity index is 484. The van der Waals surface area contributed by atoms with Gasteiger partial charge in [0.2, 0.25) is 5.91 Å². The van der Waals surface area contributed by atoms with Crippen LogP contribution in [-0.4, -0.2) is 36.2 Å². The Morgan fingerprint density at radius 2 is 2.19 bits per heavy atom. The molecule has 0 aromatic heterocycles. The molecule has 1 amide bonds. The zero-order valence-electron chi connectivity index (χ0n) is 11.9. The normalized spacial score (nSPS) is 18.7. The number of nitrogens with zero attached hydrogens (tertiary/aromatic N) is 2. The minimum absolute atomic E-state index is 0.00107. The van der Waals surface area contributed by atoms with Gasteiger partial charge in [-0.25, -0.2) is 0 Å². The second kappa shape index (κ2) is 7.64. The number of amidine groups is 1. The maximum atomic E-state index is 12.5. The topological polar surface area (TPSA) is 88.2 Å². The molecule has 1 aliphatic rings. The van der Waals surface area contributed by atoms with Crippen molar-refractivity contribution < 1.29 is 14.7 Å². The van der Waals surface area contributed by atoms with Gasteiger partial charge in [0.25, 0.3) is 0 Å². The molecule has 1 heterocycles. The number of ether oxygens (including phenoxy) is 1. The van der Waals surface area contributed by atoms with E-state index in [0.717, 1.165) is 25.1 Å². The molecule has 1 aliphatic heterocycles. The maximum absolute atomic E-state index is 12.5. The third-order valence-electron chi connectivity index (χ3n) is 3.52. The smallest absolute Gasteiger partial charge is 0.229 e. The Morgan fingerprint density at radius 3 is 2.81 bits per heavy atom. The first-order valence-electron chi connectivity index (χ1n) is 7.14. The molecule has 0 bridgehead atoms. The van der Waals surface area contributed by atoms with Crippen LogP contribution >= 0.6 is 0 Å². The molecule has 3 N–H and O–H groups in total. The van der Waals surface area contributed by atoms with E-state index in [0.29, 0.717) is 19.4 Å². The number of rotatable bonds is 6. The van der Waals surface area contributed by atoms with Gasteiger partial charge in [0.1, 0.15) is 5.84 Å². The van der Waals surface area contributed by atoms with E-state index >= 15 is 0 Å². The first kappa shape index (κ1) is 15.3. The first-order valence-corrected chi connectivity index (χ1v) is 7.14. The number of anilines is 1. The van der Waals surface area contributed by atoms with Gasteiger partial charge in [-0.05, 0) is 25.0 Å². The molecule has 114 valence electrons. The van der Waals surface area contributed by atoms with Crippen LogP contribution in [0.15, 0.2) is 35.5 Å². The molecule has 1 unspecified atom stereocenters. The number of amides is 1. The summed E-state index contributed by atoms with van der Waals surface area (Å²) in [7, 11) is 0. The van der Waals surface area contributed by atoms with E-state index in [9.17, 15) is 4.79 Å². The molecule has 2 rings (SSSR count). The van der Waals surface area contributed by atoms with Gasteiger partial charge < -0.3 is 20.6 Å². The Kier molecular flexibility index (Phi) is 5.57. The van der Waals surface area contributed by atoms with E-state index in [1.165, 1.54) is 0 Å². The van der Waals surface area contributed by atoms with Crippen LogP contribution in [0.25, 0.3) is 0 Å². The van der Waals surface area contributed by atoms with Gasteiger partial charge in [0.15, 0.2) is 0 Å². The third-order valence-corrected chi connectivity index (χ3v) is 3.52. The molecule has 0 aliphatic carbocycles. The van der Waals surface area contributed by atoms with Crippen LogP contribution in [0.3, 0.4) is 0 Å². The average molecular weight is 291 g/mol. The zero-order valence-corrected chi connectivity index (χ0v) is 11.9. The molecule has 0 radical (unpaired) electrons. The van der Waals surface area contributed by atoms with Crippen molar-refractivity contribution in [2.24, 2.45) is 10.9 Å². The SMILES string of the molecule is NC(CCN(C(=O)CC1CCCO1)c1ccccc1)=NO. The lowest BCUT2D eigenvalue weighted by molar-refractivity contribution is -0.120. The number of oxime groups is 1. The quantitative estimate of drug-likeness (QED) is 0.361. The van der Waals surface area contributed by atoms with Crippen molar-refractivity contribution >= 4 is 17.4 Å². The molecule has 1 saturated heterocycles. The number of hydrogen-bond donors (Lipinski definition) is 2. The van der Waals surface area contributed by atoms with Crippen molar-refractivity contribution in [2.45, 2.75) is 31.8 Å². The van der Waals surface area contributed by atoms with Gasteiger partial charge in [-0.2, -0.15) is 0 Å². The van der Waals surface area contributed by atoms with E-state index in [2.05, 4.69) is 5.16 Å². The fourth-order valence-electron chi connectivity index (χ4n) is 2.39. The highest BCUT2D eigenvalue weighted by atomic mass is 16.5. The van der Waals surface area contributed by atoms with Gasteiger partial charge in [-0.1, -0.05) is 23.4 Å². The molecule has 0 saturated carbocycles. The zero-order chi connectivity index (χ0) is 15.1. The summed E-state index contributed by atoms with van der Waals surface area (Å²) >= 11 is 0. The number of benzene rings is 1. The van der Waals surface area contributed by atoms with Crippen LogP contribution < -0.4 is 10.6 Å². The van der Waals surface area contributed by atoms with Crippen molar-refractivity contribution in [3.8, 4) is 0 Å². The molecule has 1 aromatic carbocycles. The number of para-hydroxylation sites is 1. The Labute approximate surface area is 124 Å². The first-order chi connectivity index (χ1) is 10.2. The van der Waals surface area contributed by atoms with Gasteiger partial charge in [-0.3, -0.25) is 4.79 Å². The van der Waals surface area contributed by atoms with Gasteiger partial charge in [-0.15, -0.1) is 0 Å². The maximum Gasteiger partial charge on any atom is 0.229 e. The number of carbonyl (C=O) groups excluding carboxylic acids is 1. The highest BCUT2D eigenvalue weighted by Crippen LogP contribution is 2.20. The third kappa shape index (κ3) is 4.46. The summed E-state index contributed by atoms with van der Waals surface area (Å²) < 4.78 is 5.52. The van der Waals surface area contributed by atoms with Crippen LogP contribution in [0, 0.1) is 0 Å². The van der Waals surface area contributed by atoms with Crippen LogP contribution in [0.1, 0.15) is 25.7 Å². The molecule has 1 atom stereocenters. The standard InChI is InChI=1S/C15H21N3O3/c16-14(17-20)8-9-18(12-5-2-1-3-6-12)15(19)11-13-7-4-10-21-13/h1-3,5-6,13,20H,4,7-11H2,(H2,16,17). The Morgan fingerprint density at radius 1 is 1.43 bits per heavy atom. The summed E-state index contributed by atoms with van der Waals surface area (Å²) in [4.78, 5) is 14.2. The second-order valence-electron chi connectivity index (χ2n) is 5.06. The summed E-state index contributed by atoms with van der Waals surface area (Å²) in [5, 5.41) is 11.6. The molecular formula is C15H21N3O3. The fourth-order valence-corrected chi connectivity index (χ4v) is 2.39. The van der Waals surface area contributed by atoms with Crippen LogP contribution in [0.4, 0.5) is 5.69 Å². The molecule has 21 heavy (non-hydrogen) atoms. The van der Waals surface area contributed by atoms with Crippen molar-refractivity contribution in [2.75, 3.05) is 18.1 Å². The highest BCUT2D eigenvalue weighted by Gasteiger charge is 2.23. The Balaban J connectivity index is 2.05.